The van der Waals surface area contributed by atoms with E-state index in [-0.39, 0.29) is 5.82 Å². The van der Waals surface area contributed by atoms with Crippen LogP contribution in [0.3, 0.4) is 0 Å². The molecule has 2 rings (SSSR count). The third-order valence-electron chi connectivity index (χ3n) is 2.89. The molecule has 1 aromatic heterocycles. The minimum Gasteiger partial charge on any atom is -0.265 e. The van der Waals surface area contributed by atoms with Gasteiger partial charge in [0.15, 0.2) is 0 Å². The van der Waals surface area contributed by atoms with Crippen LogP contribution in [0, 0.1) is 5.82 Å². The zero-order valence-electron chi connectivity index (χ0n) is 10.4. The van der Waals surface area contributed by atoms with Crippen molar-refractivity contribution in [2.24, 2.45) is 0 Å². The summed E-state index contributed by atoms with van der Waals surface area (Å²) in [6, 6.07) is 6.68. The van der Waals surface area contributed by atoms with Crippen LogP contribution in [0.15, 0.2) is 30.5 Å². The maximum absolute atomic E-state index is 13.2. The van der Waals surface area contributed by atoms with E-state index in [1.165, 1.54) is 17.3 Å². The average Bonchev–Trinajstić information content (AvgIpc) is 2.72. The van der Waals surface area contributed by atoms with Gasteiger partial charge in [0.2, 0.25) is 0 Å². The molecule has 0 radical (unpaired) electrons. The second kappa shape index (κ2) is 6.14. The molecule has 2 nitrogen and oxygen atoms in total. The van der Waals surface area contributed by atoms with Crippen molar-refractivity contribution in [2.75, 3.05) is 0 Å². The Bertz CT molecular complexity index is 522. The van der Waals surface area contributed by atoms with Gasteiger partial charge in [-0.1, -0.05) is 41.4 Å². The predicted molar refractivity (Wildman–Crippen MR) is 74.4 cm³/mol. The summed E-state index contributed by atoms with van der Waals surface area (Å²) in [5, 5.41) is 5.21. The predicted octanol–water partition coefficient (Wildman–Crippen LogP) is 3.92. The summed E-state index contributed by atoms with van der Waals surface area (Å²) in [5.41, 5.74) is 3.39. The van der Waals surface area contributed by atoms with Crippen LogP contribution < -0.4 is 0 Å². The zero-order chi connectivity index (χ0) is 13.0. The Morgan fingerprint density at radius 1 is 1.39 bits per heavy atom. The number of hydrogen-bond donors (Lipinski definition) is 0. The largest absolute Gasteiger partial charge is 0.265 e. The molecule has 1 heterocycles. The lowest BCUT2D eigenvalue weighted by Crippen LogP contribution is -2.07. The summed E-state index contributed by atoms with van der Waals surface area (Å²) in [5.74, 6) is -0.197. The van der Waals surface area contributed by atoms with Crippen LogP contribution in [0.2, 0.25) is 0 Å². The lowest BCUT2D eigenvalue weighted by atomic mass is 10.1. The van der Waals surface area contributed by atoms with Gasteiger partial charge in [-0.3, -0.25) is 4.68 Å². The van der Waals surface area contributed by atoms with E-state index in [1.807, 2.05) is 16.9 Å². The van der Waals surface area contributed by atoms with Crippen molar-refractivity contribution in [1.29, 1.82) is 0 Å². The average molecular weight is 311 g/mol. The Morgan fingerprint density at radius 2 is 2.22 bits per heavy atom. The number of alkyl halides is 1. The second-order valence-electron chi connectivity index (χ2n) is 4.29. The van der Waals surface area contributed by atoms with Crippen LogP contribution in [0.4, 0.5) is 4.39 Å². The molecule has 18 heavy (non-hydrogen) atoms. The fourth-order valence-corrected chi connectivity index (χ4v) is 2.50. The molecule has 0 amide bonds. The topological polar surface area (TPSA) is 17.8 Å². The highest BCUT2D eigenvalue weighted by Crippen LogP contribution is 2.16. The van der Waals surface area contributed by atoms with Gasteiger partial charge in [-0.15, -0.1) is 0 Å². The molecule has 4 heteroatoms. The van der Waals surface area contributed by atoms with Gasteiger partial charge < -0.3 is 0 Å². The molecule has 0 atom stereocenters. The number of hydrogen-bond acceptors (Lipinski definition) is 1. The van der Waals surface area contributed by atoms with Gasteiger partial charge >= 0.3 is 0 Å². The number of aromatic nitrogens is 2. The van der Waals surface area contributed by atoms with Gasteiger partial charge in [0.05, 0.1) is 12.7 Å². The van der Waals surface area contributed by atoms with Gasteiger partial charge in [-0.25, -0.2) is 4.39 Å². The minimum absolute atomic E-state index is 0.197. The van der Waals surface area contributed by atoms with Crippen molar-refractivity contribution in [3.63, 3.8) is 0 Å². The molecule has 0 bridgehead atoms. The standard InChI is InChI=1S/C14H16BrFN2/c1-2-4-14-12(8-15)9-17-18(14)10-11-5-3-6-13(16)7-11/h3,5-7,9H,2,4,8,10H2,1H3. The van der Waals surface area contributed by atoms with Crippen LogP contribution in [0.25, 0.3) is 0 Å². The Balaban J connectivity index is 2.25. The molecular weight excluding hydrogens is 295 g/mol. The molecule has 0 fully saturated rings. The highest BCUT2D eigenvalue weighted by molar-refractivity contribution is 9.08. The van der Waals surface area contributed by atoms with Gasteiger partial charge in [0.1, 0.15) is 5.82 Å². The number of benzene rings is 1. The molecule has 96 valence electrons. The first-order valence-corrected chi connectivity index (χ1v) is 7.20. The molecule has 1 aromatic carbocycles. The van der Waals surface area contributed by atoms with E-state index in [1.54, 1.807) is 12.1 Å². The van der Waals surface area contributed by atoms with Crippen molar-refractivity contribution in [3.05, 3.63) is 53.1 Å². The van der Waals surface area contributed by atoms with E-state index in [2.05, 4.69) is 28.0 Å². The Labute approximate surface area is 115 Å². The molecule has 0 spiro atoms. The van der Waals surface area contributed by atoms with Crippen molar-refractivity contribution < 1.29 is 4.39 Å². The summed E-state index contributed by atoms with van der Waals surface area (Å²) < 4.78 is 15.1. The monoisotopic (exact) mass is 310 g/mol. The maximum Gasteiger partial charge on any atom is 0.123 e. The van der Waals surface area contributed by atoms with E-state index in [4.69, 9.17) is 0 Å². The van der Waals surface area contributed by atoms with E-state index >= 15 is 0 Å². The number of nitrogens with zero attached hydrogens (tertiary/aromatic N) is 2. The van der Waals surface area contributed by atoms with Gasteiger partial charge in [-0.05, 0) is 24.1 Å². The molecule has 0 aliphatic carbocycles. The molecule has 0 aliphatic heterocycles. The van der Waals surface area contributed by atoms with Crippen LogP contribution in [-0.4, -0.2) is 9.78 Å². The first-order valence-electron chi connectivity index (χ1n) is 6.08. The smallest absolute Gasteiger partial charge is 0.123 e. The van der Waals surface area contributed by atoms with Gasteiger partial charge in [-0.2, -0.15) is 5.10 Å². The van der Waals surface area contributed by atoms with E-state index < -0.39 is 0 Å². The summed E-state index contributed by atoms with van der Waals surface area (Å²) in [6.45, 7) is 2.78. The normalized spacial score (nSPS) is 10.8. The summed E-state index contributed by atoms with van der Waals surface area (Å²) >= 11 is 3.48. The first kappa shape index (κ1) is 13.3. The van der Waals surface area contributed by atoms with Crippen molar-refractivity contribution in [3.8, 4) is 0 Å². The molecule has 0 aliphatic rings. The Hall–Kier alpha value is -1.16. The molecule has 0 unspecified atom stereocenters. The summed E-state index contributed by atoms with van der Waals surface area (Å²) in [7, 11) is 0. The third kappa shape index (κ3) is 2.99. The highest BCUT2D eigenvalue weighted by atomic mass is 79.9. The van der Waals surface area contributed by atoms with E-state index in [9.17, 15) is 4.39 Å². The fraction of sp³-hybridized carbons (Fsp3) is 0.357. The molecule has 0 N–H and O–H groups in total. The van der Waals surface area contributed by atoms with Crippen molar-refractivity contribution in [1.82, 2.24) is 9.78 Å². The summed E-state index contributed by atoms with van der Waals surface area (Å²) in [6.07, 6.45) is 3.96. The highest BCUT2D eigenvalue weighted by Gasteiger charge is 2.09. The Kier molecular flexibility index (Phi) is 4.53. The fourth-order valence-electron chi connectivity index (χ4n) is 2.03. The molecular formula is C14H16BrFN2. The first-order chi connectivity index (χ1) is 8.74. The van der Waals surface area contributed by atoms with Gasteiger partial charge in [0.25, 0.3) is 0 Å². The lowest BCUT2D eigenvalue weighted by Gasteiger charge is -2.08. The van der Waals surface area contributed by atoms with Gasteiger partial charge in [0, 0.05) is 16.6 Å². The quantitative estimate of drug-likeness (QED) is 0.765. The Morgan fingerprint density at radius 3 is 2.89 bits per heavy atom. The zero-order valence-corrected chi connectivity index (χ0v) is 12.0. The van der Waals surface area contributed by atoms with Crippen LogP contribution in [0.1, 0.15) is 30.2 Å². The van der Waals surface area contributed by atoms with Crippen LogP contribution in [-0.2, 0) is 18.3 Å². The van der Waals surface area contributed by atoms with E-state index in [0.29, 0.717) is 6.54 Å². The molecule has 2 aromatic rings. The second-order valence-corrected chi connectivity index (χ2v) is 4.85. The van der Waals surface area contributed by atoms with E-state index in [0.717, 1.165) is 23.7 Å². The van der Waals surface area contributed by atoms with Crippen molar-refractivity contribution in [2.45, 2.75) is 31.6 Å². The van der Waals surface area contributed by atoms with Crippen LogP contribution in [0.5, 0.6) is 0 Å². The summed E-state index contributed by atoms with van der Waals surface area (Å²) in [4.78, 5) is 0. The number of rotatable bonds is 5. The third-order valence-corrected chi connectivity index (χ3v) is 3.49. The molecule has 0 saturated heterocycles. The number of halogens is 2. The minimum atomic E-state index is -0.197. The lowest BCUT2D eigenvalue weighted by molar-refractivity contribution is 0.610. The molecule has 0 saturated carbocycles. The SMILES string of the molecule is CCCc1c(CBr)cnn1Cc1cccc(F)c1. The van der Waals surface area contributed by atoms with Crippen molar-refractivity contribution >= 4 is 15.9 Å². The maximum atomic E-state index is 13.2. The van der Waals surface area contributed by atoms with Crippen LogP contribution >= 0.6 is 15.9 Å².